The molecule has 0 saturated heterocycles. The zero-order chi connectivity index (χ0) is 16.1. The summed E-state index contributed by atoms with van der Waals surface area (Å²) in [5.74, 6) is -0.247. The van der Waals surface area contributed by atoms with E-state index in [2.05, 4.69) is 26.0 Å². The number of benzene rings is 1. The molecule has 1 N–H and O–H groups in total. The second-order valence-electron chi connectivity index (χ2n) is 4.43. The lowest BCUT2D eigenvalue weighted by Crippen LogP contribution is -2.21. The molecule has 0 aliphatic heterocycles. The van der Waals surface area contributed by atoms with Gasteiger partial charge >= 0.3 is 5.97 Å². The Labute approximate surface area is 140 Å². The maximum atomic E-state index is 11.9. The molecule has 116 valence electrons. The average molecular weight is 384 g/mol. The van der Waals surface area contributed by atoms with Crippen molar-refractivity contribution in [2.24, 2.45) is 0 Å². The highest BCUT2D eigenvalue weighted by atomic mass is 79.9. The zero-order valence-electron chi connectivity index (χ0n) is 12.0. The molecule has 1 amide bonds. The minimum absolute atomic E-state index is 0.155. The van der Waals surface area contributed by atoms with Crippen molar-refractivity contribution < 1.29 is 19.1 Å². The standard InChI is InChI=1S/C15H14BrNO4S/c1-9-3-4-12(10(16)7-9)21-8-13(18)17-11-5-6-22-14(11)15(19)20-2/h3-7H,8H2,1-2H3,(H,17,18). The monoisotopic (exact) mass is 383 g/mol. The smallest absolute Gasteiger partial charge is 0.350 e. The summed E-state index contributed by atoms with van der Waals surface area (Å²) in [5.41, 5.74) is 1.51. The Morgan fingerprint density at radius 1 is 1.32 bits per heavy atom. The van der Waals surface area contributed by atoms with Crippen LogP contribution in [-0.2, 0) is 9.53 Å². The van der Waals surface area contributed by atoms with E-state index in [0.717, 1.165) is 10.0 Å². The molecule has 1 heterocycles. The summed E-state index contributed by atoms with van der Waals surface area (Å²) in [5, 5.41) is 4.34. The molecule has 1 aromatic heterocycles. The average Bonchev–Trinajstić information content (AvgIpc) is 2.93. The Morgan fingerprint density at radius 2 is 2.09 bits per heavy atom. The van der Waals surface area contributed by atoms with E-state index in [1.165, 1.54) is 18.4 Å². The first kappa shape index (κ1) is 16.5. The maximum absolute atomic E-state index is 11.9. The van der Waals surface area contributed by atoms with Crippen LogP contribution in [0.1, 0.15) is 15.2 Å². The molecule has 0 bridgehead atoms. The Balaban J connectivity index is 1.96. The highest BCUT2D eigenvalue weighted by Gasteiger charge is 2.16. The summed E-state index contributed by atoms with van der Waals surface area (Å²) in [7, 11) is 1.30. The van der Waals surface area contributed by atoms with Crippen molar-refractivity contribution in [3.63, 3.8) is 0 Å². The van der Waals surface area contributed by atoms with Gasteiger partial charge in [0.25, 0.3) is 5.91 Å². The third kappa shape index (κ3) is 4.08. The predicted molar refractivity (Wildman–Crippen MR) is 88.7 cm³/mol. The topological polar surface area (TPSA) is 64.6 Å². The van der Waals surface area contributed by atoms with Gasteiger partial charge in [-0.1, -0.05) is 6.07 Å². The summed E-state index contributed by atoms with van der Waals surface area (Å²) < 4.78 is 10.9. The number of amides is 1. The van der Waals surface area contributed by atoms with Gasteiger partial charge in [-0.2, -0.15) is 0 Å². The van der Waals surface area contributed by atoms with E-state index in [1.54, 1.807) is 17.5 Å². The van der Waals surface area contributed by atoms with Crippen LogP contribution in [0.4, 0.5) is 5.69 Å². The van der Waals surface area contributed by atoms with E-state index in [1.807, 2.05) is 19.1 Å². The second-order valence-corrected chi connectivity index (χ2v) is 6.20. The lowest BCUT2D eigenvalue weighted by atomic mass is 10.2. The molecule has 0 radical (unpaired) electrons. The fourth-order valence-electron chi connectivity index (χ4n) is 1.71. The van der Waals surface area contributed by atoms with Gasteiger partial charge < -0.3 is 14.8 Å². The Bertz CT molecular complexity index is 699. The summed E-state index contributed by atoms with van der Waals surface area (Å²) in [4.78, 5) is 23.8. The summed E-state index contributed by atoms with van der Waals surface area (Å²) >= 11 is 4.59. The normalized spacial score (nSPS) is 10.1. The van der Waals surface area contributed by atoms with E-state index < -0.39 is 5.97 Å². The fourth-order valence-corrected chi connectivity index (χ4v) is 3.08. The van der Waals surface area contributed by atoms with Crippen molar-refractivity contribution in [2.75, 3.05) is 19.0 Å². The molecule has 22 heavy (non-hydrogen) atoms. The quantitative estimate of drug-likeness (QED) is 0.800. The first-order chi connectivity index (χ1) is 10.5. The van der Waals surface area contributed by atoms with Crippen molar-refractivity contribution in [2.45, 2.75) is 6.92 Å². The predicted octanol–water partition coefficient (Wildman–Crippen LogP) is 3.62. The number of esters is 1. The molecule has 0 saturated carbocycles. The largest absolute Gasteiger partial charge is 0.483 e. The number of hydrogen-bond donors (Lipinski definition) is 1. The third-order valence-electron chi connectivity index (χ3n) is 2.76. The number of ether oxygens (including phenoxy) is 2. The van der Waals surface area contributed by atoms with Crippen LogP contribution in [0.25, 0.3) is 0 Å². The van der Waals surface area contributed by atoms with Gasteiger partial charge in [0, 0.05) is 0 Å². The molecule has 0 aliphatic rings. The van der Waals surface area contributed by atoms with Crippen LogP contribution in [0, 0.1) is 6.92 Å². The lowest BCUT2D eigenvalue weighted by Gasteiger charge is -2.09. The Kier molecular flexibility index (Phi) is 5.57. The highest BCUT2D eigenvalue weighted by molar-refractivity contribution is 9.10. The van der Waals surface area contributed by atoms with Crippen LogP contribution in [0.15, 0.2) is 34.1 Å². The van der Waals surface area contributed by atoms with E-state index >= 15 is 0 Å². The zero-order valence-corrected chi connectivity index (χ0v) is 14.4. The number of aryl methyl sites for hydroxylation is 1. The van der Waals surface area contributed by atoms with E-state index in [-0.39, 0.29) is 12.5 Å². The molecule has 7 heteroatoms. The number of anilines is 1. The second kappa shape index (κ2) is 7.42. The molecule has 0 atom stereocenters. The first-order valence-electron chi connectivity index (χ1n) is 6.36. The van der Waals surface area contributed by atoms with Crippen molar-refractivity contribution in [1.29, 1.82) is 0 Å². The van der Waals surface area contributed by atoms with Crippen molar-refractivity contribution in [3.05, 3.63) is 44.6 Å². The number of hydrogen-bond acceptors (Lipinski definition) is 5. The minimum Gasteiger partial charge on any atom is -0.483 e. The minimum atomic E-state index is -0.479. The molecule has 0 unspecified atom stereocenters. The number of carbonyl (C=O) groups excluding carboxylic acids is 2. The molecule has 2 aromatic rings. The van der Waals surface area contributed by atoms with Gasteiger partial charge in [-0.25, -0.2) is 4.79 Å². The molecule has 0 spiro atoms. The van der Waals surface area contributed by atoms with Crippen LogP contribution in [0.5, 0.6) is 5.75 Å². The summed E-state index contributed by atoms with van der Waals surface area (Å²) in [6, 6.07) is 7.24. The molecule has 1 aromatic carbocycles. The number of rotatable bonds is 5. The molecular formula is C15H14BrNO4S. The Hall–Kier alpha value is -1.86. The highest BCUT2D eigenvalue weighted by Crippen LogP contribution is 2.26. The van der Waals surface area contributed by atoms with E-state index in [0.29, 0.717) is 16.3 Å². The molecule has 0 fully saturated rings. The number of methoxy groups -OCH3 is 1. The van der Waals surface area contributed by atoms with Gasteiger partial charge in [-0.15, -0.1) is 11.3 Å². The van der Waals surface area contributed by atoms with E-state index in [4.69, 9.17) is 4.74 Å². The number of halogens is 1. The van der Waals surface area contributed by atoms with Gasteiger partial charge in [-0.05, 0) is 52.0 Å². The van der Waals surface area contributed by atoms with Crippen molar-refractivity contribution in [1.82, 2.24) is 0 Å². The first-order valence-corrected chi connectivity index (χ1v) is 8.03. The van der Waals surface area contributed by atoms with Gasteiger partial charge in [0.05, 0.1) is 17.3 Å². The number of carbonyl (C=O) groups is 2. The van der Waals surface area contributed by atoms with E-state index in [9.17, 15) is 9.59 Å². The van der Waals surface area contributed by atoms with Gasteiger partial charge in [0.15, 0.2) is 6.61 Å². The third-order valence-corrected chi connectivity index (χ3v) is 4.27. The maximum Gasteiger partial charge on any atom is 0.350 e. The lowest BCUT2D eigenvalue weighted by molar-refractivity contribution is -0.118. The van der Waals surface area contributed by atoms with Crippen LogP contribution >= 0.6 is 27.3 Å². The SMILES string of the molecule is COC(=O)c1sccc1NC(=O)COc1ccc(C)cc1Br. The Morgan fingerprint density at radius 3 is 2.77 bits per heavy atom. The number of thiophene rings is 1. The molecule has 5 nitrogen and oxygen atoms in total. The van der Waals surface area contributed by atoms with Gasteiger partial charge in [0.1, 0.15) is 10.6 Å². The van der Waals surface area contributed by atoms with Gasteiger partial charge in [0.2, 0.25) is 0 Å². The van der Waals surface area contributed by atoms with Crippen LogP contribution < -0.4 is 10.1 Å². The van der Waals surface area contributed by atoms with Crippen molar-refractivity contribution in [3.8, 4) is 5.75 Å². The molecule has 0 aliphatic carbocycles. The van der Waals surface area contributed by atoms with Gasteiger partial charge in [-0.3, -0.25) is 4.79 Å². The fraction of sp³-hybridized carbons (Fsp3) is 0.200. The summed E-state index contributed by atoms with van der Waals surface area (Å²) in [6.07, 6.45) is 0. The van der Waals surface area contributed by atoms with Crippen molar-refractivity contribution >= 4 is 44.8 Å². The summed E-state index contributed by atoms with van der Waals surface area (Å²) in [6.45, 7) is 1.81. The van der Waals surface area contributed by atoms with Crippen LogP contribution in [0.3, 0.4) is 0 Å². The number of nitrogens with one attached hydrogen (secondary N) is 1. The van der Waals surface area contributed by atoms with Crippen LogP contribution in [0.2, 0.25) is 0 Å². The van der Waals surface area contributed by atoms with Crippen LogP contribution in [-0.4, -0.2) is 25.6 Å². The molecular weight excluding hydrogens is 370 g/mol. The molecule has 2 rings (SSSR count).